The normalized spacial score (nSPS) is 20.2. The molecule has 11 nitrogen and oxygen atoms in total. The number of benzene rings is 1. The van der Waals surface area contributed by atoms with Crippen LogP contribution in [0.15, 0.2) is 53.5 Å². The van der Waals surface area contributed by atoms with E-state index in [0.717, 1.165) is 10.0 Å². The molecule has 0 aliphatic heterocycles. The van der Waals surface area contributed by atoms with E-state index in [-0.39, 0.29) is 23.6 Å². The van der Waals surface area contributed by atoms with E-state index in [1.54, 1.807) is 28.9 Å². The fourth-order valence-corrected chi connectivity index (χ4v) is 5.09. The lowest BCUT2D eigenvalue weighted by Gasteiger charge is -2.30. The van der Waals surface area contributed by atoms with Crippen LogP contribution < -0.4 is 10.0 Å². The first kappa shape index (κ1) is 25.4. The van der Waals surface area contributed by atoms with Gasteiger partial charge in [-0.1, -0.05) is 28.1 Å². The second-order valence-electron chi connectivity index (χ2n) is 8.40. The van der Waals surface area contributed by atoms with Crippen molar-refractivity contribution in [1.82, 2.24) is 19.7 Å². The number of carbonyl (C=O) groups excluding carboxylic acids is 1. The molecule has 1 fully saturated rings. The molecule has 186 valence electrons. The van der Waals surface area contributed by atoms with Crippen LogP contribution in [-0.2, 0) is 21.0 Å². The zero-order valence-corrected chi connectivity index (χ0v) is 21.3. The number of halogens is 1. The minimum Gasteiger partial charge on any atom is -0.391 e. The van der Waals surface area contributed by atoms with Crippen molar-refractivity contribution in [1.29, 1.82) is 0 Å². The van der Waals surface area contributed by atoms with Gasteiger partial charge in [0.25, 0.3) is 0 Å². The second-order valence-corrected chi connectivity index (χ2v) is 10.5. The van der Waals surface area contributed by atoms with Crippen LogP contribution in [0.4, 0.5) is 5.82 Å². The van der Waals surface area contributed by atoms with Crippen molar-refractivity contribution < 1.29 is 22.5 Å². The van der Waals surface area contributed by atoms with E-state index in [1.165, 1.54) is 12.5 Å². The zero-order chi connectivity index (χ0) is 25.2. The summed E-state index contributed by atoms with van der Waals surface area (Å²) in [4.78, 5) is 23.3. The number of nitrogens with zero attached hydrogens (tertiary/aromatic N) is 5. The van der Waals surface area contributed by atoms with Gasteiger partial charge in [-0.05, 0) is 36.6 Å². The van der Waals surface area contributed by atoms with Crippen molar-refractivity contribution in [3.63, 3.8) is 0 Å². The van der Waals surface area contributed by atoms with Crippen molar-refractivity contribution in [2.75, 3.05) is 18.6 Å². The standard InChI is InChI=1S/C22H25BrN6O5S/c1-28(19-6-5-15(20(19)30)12-34-35(24,32)33)22-17(10-25-13-26-22)21(31)18-7-8-29(27-18)11-14-3-2-4-16(23)9-14/h2-4,7-10,13,15,19-20,30H,5-6,11-12H2,1H3,(H2,24,32,33). The van der Waals surface area contributed by atoms with Crippen LogP contribution in [0.1, 0.15) is 34.5 Å². The minimum atomic E-state index is -4.10. The number of aromatic nitrogens is 4. The molecule has 35 heavy (non-hydrogen) atoms. The van der Waals surface area contributed by atoms with Crippen molar-refractivity contribution >= 4 is 37.8 Å². The molecule has 1 aliphatic rings. The average Bonchev–Trinajstić information content (AvgIpc) is 3.43. The summed E-state index contributed by atoms with van der Waals surface area (Å²) in [5.41, 5.74) is 1.52. The van der Waals surface area contributed by atoms with E-state index in [4.69, 9.17) is 5.14 Å². The number of carbonyl (C=O) groups is 1. The summed E-state index contributed by atoms with van der Waals surface area (Å²) in [6, 6.07) is 9.06. The molecule has 0 saturated heterocycles. The molecule has 1 saturated carbocycles. The highest BCUT2D eigenvalue weighted by Crippen LogP contribution is 2.33. The van der Waals surface area contributed by atoms with Gasteiger partial charge in [-0.2, -0.15) is 13.5 Å². The molecule has 4 rings (SSSR count). The molecule has 0 spiro atoms. The predicted molar refractivity (Wildman–Crippen MR) is 131 cm³/mol. The Balaban J connectivity index is 1.50. The fraction of sp³-hybridized carbons (Fsp3) is 0.364. The number of nitrogens with two attached hydrogens (primary N) is 1. The van der Waals surface area contributed by atoms with Gasteiger partial charge in [0.1, 0.15) is 17.8 Å². The third-order valence-electron chi connectivity index (χ3n) is 6.03. The van der Waals surface area contributed by atoms with Gasteiger partial charge in [0.15, 0.2) is 0 Å². The van der Waals surface area contributed by atoms with E-state index in [2.05, 4.69) is 35.2 Å². The minimum absolute atomic E-state index is 0.213. The smallest absolute Gasteiger partial charge is 0.333 e. The highest BCUT2D eigenvalue weighted by Gasteiger charge is 2.39. The highest BCUT2D eigenvalue weighted by atomic mass is 79.9. The van der Waals surface area contributed by atoms with E-state index in [9.17, 15) is 18.3 Å². The molecule has 1 aliphatic carbocycles. The van der Waals surface area contributed by atoms with Crippen LogP contribution in [0.3, 0.4) is 0 Å². The lowest BCUT2D eigenvalue weighted by atomic mass is 10.1. The Morgan fingerprint density at radius 1 is 1.34 bits per heavy atom. The van der Waals surface area contributed by atoms with Crippen LogP contribution in [0.2, 0.25) is 0 Å². The maximum Gasteiger partial charge on any atom is 0.333 e. The molecule has 0 bridgehead atoms. The molecule has 2 aromatic heterocycles. The molecule has 0 radical (unpaired) electrons. The molecule has 3 aromatic rings. The van der Waals surface area contributed by atoms with Gasteiger partial charge in [0.2, 0.25) is 5.78 Å². The summed E-state index contributed by atoms with van der Waals surface area (Å²) in [6.45, 7) is 0.288. The summed E-state index contributed by atoms with van der Waals surface area (Å²) < 4.78 is 29.5. The number of ketones is 1. The van der Waals surface area contributed by atoms with E-state index in [1.807, 2.05) is 24.3 Å². The Kier molecular flexibility index (Phi) is 7.62. The largest absolute Gasteiger partial charge is 0.391 e. The predicted octanol–water partition coefficient (Wildman–Crippen LogP) is 1.51. The Morgan fingerprint density at radius 3 is 2.89 bits per heavy atom. The Hall–Kier alpha value is -2.71. The quantitative estimate of drug-likeness (QED) is 0.368. The SMILES string of the molecule is CN(c1ncncc1C(=O)c1ccn(Cc2cccc(Br)c2)n1)C1CCC(COS(N)(=O)=O)C1O. The van der Waals surface area contributed by atoms with E-state index < -0.39 is 28.4 Å². The molecule has 3 N–H and O–H groups in total. The Morgan fingerprint density at radius 2 is 2.14 bits per heavy atom. The van der Waals surface area contributed by atoms with Crippen LogP contribution in [0, 0.1) is 5.92 Å². The van der Waals surface area contributed by atoms with Gasteiger partial charge >= 0.3 is 10.3 Å². The molecule has 3 unspecified atom stereocenters. The molecule has 1 aromatic carbocycles. The average molecular weight is 565 g/mol. The molecule has 2 heterocycles. The van der Waals surface area contributed by atoms with Gasteiger partial charge in [0, 0.05) is 29.8 Å². The molecular formula is C22H25BrN6O5S. The Bertz CT molecular complexity index is 1320. The van der Waals surface area contributed by atoms with Gasteiger partial charge in [-0.15, -0.1) is 0 Å². The van der Waals surface area contributed by atoms with Crippen LogP contribution in [-0.4, -0.2) is 64.9 Å². The van der Waals surface area contributed by atoms with Gasteiger partial charge in [0.05, 0.1) is 30.9 Å². The maximum absolute atomic E-state index is 13.3. The molecule has 0 amide bonds. The number of aliphatic hydroxyl groups is 1. The number of likely N-dealkylation sites (N-methyl/N-ethyl adjacent to an activating group) is 1. The van der Waals surface area contributed by atoms with E-state index in [0.29, 0.717) is 25.2 Å². The van der Waals surface area contributed by atoms with Crippen molar-refractivity contribution in [3.8, 4) is 0 Å². The number of anilines is 1. The summed E-state index contributed by atoms with van der Waals surface area (Å²) in [6.07, 6.45) is 4.67. The Labute approximate surface area is 211 Å². The number of hydrogen-bond acceptors (Lipinski definition) is 9. The van der Waals surface area contributed by atoms with E-state index >= 15 is 0 Å². The van der Waals surface area contributed by atoms with Crippen LogP contribution >= 0.6 is 15.9 Å². The lowest BCUT2D eigenvalue weighted by Crippen LogP contribution is -2.42. The van der Waals surface area contributed by atoms with Crippen molar-refractivity contribution in [2.45, 2.75) is 31.5 Å². The lowest BCUT2D eigenvalue weighted by molar-refractivity contribution is 0.0883. The summed E-state index contributed by atoms with van der Waals surface area (Å²) in [5, 5.41) is 20.1. The number of aliphatic hydroxyl groups excluding tert-OH is 1. The summed E-state index contributed by atoms with van der Waals surface area (Å²) in [7, 11) is -2.37. The third-order valence-corrected chi connectivity index (χ3v) is 6.99. The van der Waals surface area contributed by atoms with Crippen molar-refractivity contribution in [2.24, 2.45) is 11.1 Å². The van der Waals surface area contributed by atoms with Gasteiger partial charge < -0.3 is 10.0 Å². The summed E-state index contributed by atoms with van der Waals surface area (Å²) >= 11 is 3.45. The van der Waals surface area contributed by atoms with Gasteiger partial charge in [-0.25, -0.2) is 15.1 Å². The molecule has 13 heteroatoms. The monoisotopic (exact) mass is 564 g/mol. The molecular weight excluding hydrogens is 540 g/mol. The maximum atomic E-state index is 13.3. The van der Waals surface area contributed by atoms with Crippen LogP contribution in [0.25, 0.3) is 0 Å². The second kappa shape index (κ2) is 10.5. The van der Waals surface area contributed by atoms with Gasteiger partial charge in [-0.3, -0.25) is 13.7 Å². The summed E-state index contributed by atoms with van der Waals surface area (Å²) in [5.74, 6) is -0.416. The topological polar surface area (TPSA) is 154 Å². The first-order chi connectivity index (χ1) is 16.6. The first-order valence-electron chi connectivity index (χ1n) is 10.8. The molecule has 3 atom stereocenters. The van der Waals surface area contributed by atoms with Crippen molar-refractivity contribution in [3.05, 3.63) is 70.3 Å². The third kappa shape index (κ3) is 6.11. The fourth-order valence-electron chi connectivity index (χ4n) is 4.28. The zero-order valence-electron chi connectivity index (χ0n) is 18.9. The number of hydrogen-bond donors (Lipinski definition) is 2. The first-order valence-corrected chi connectivity index (χ1v) is 13.1. The highest BCUT2D eigenvalue weighted by molar-refractivity contribution is 9.10. The number of rotatable bonds is 9. The van der Waals surface area contributed by atoms with Crippen LogP contribution in [0.5, 0.6) is 0 Å².